The summed E-state index contributed by atoms with van der Waals surface area (Å²) in [4.78, 5) is 10.4. The SMILES string of the molecule is CCOc1ccccc1Oc1ccc([N+](=O)[O-])cc1CBr. The highest BCUT2D eigenvalue weighted by Crippen LogP contribution is 2.35. The number of nitrogens with zero attached hydrogens (tertiary/aromatic N) is 1. The summed E-state index contributed by atoms with van der Waals surface area (Å²) in [6, 6.07) is 11.8. The molecule has 2 aromatic rings. The van der Waals surface area contributed by atoms with Gasteiger partial charge in [0, 0.05) is 23.0 Å². The van der Waals surface area contributed by atoms with Crippen LogP contribution in [0.4, 0.5) is 5.69 Å². The Hall–Kier alpha value is -2.08. The molecule has 0 saturated carbocycles. The van der Waals surface area contributed by atoms with Crippen molar-refractivity contribution in [2.45, 2.75) is 12.3 Å². The first-order chi connectivity index (χ1) is 10.2. The maximum absolute atomic E-state index is 10.8. The van der Waals surface area contributed by atoms with Gasteiger partial charge in [0.25, 0.3) is 5.69 Å². The van der Waals surface area contributed by atoms with E-state index >= 15 is 0 Å². The molecule has 0 aromatic heterocycles. The molecule has 0 amide bonds. The molecule has 0 spiro atoms. The van der Waals surface area contributed by atoms with Gasteiger partial charge in [0.05, 0.1) is 11.5 Å². The maximum atomic E-state index is 10.8. The molecule has 2 rings (SSSR count). The van der Waals surface area contributed by atoms with Crippen LogP contribution in [0, 0.1) is 10.1 Å². The van der Waals surface area contributed by atoms with Gasteiger partial charge in [0.2, 0.25) is 0 Å². The fourth-order valence-corrected chi connectivity index (χ4v) is 2.25. The van der Waals surface area contributed by atoms with Crippen LogP contribution in [0.3, 0.4) is 0 Å². The quantitative estimate of drug-likeness (QED) is 0.430. The Balaban J connectivity index is 2.33. The second-order valence-electron chi connectivity index (χ2n) is 4.16. The Morgan fingerprint density at radius 1 is 1.14 bits per heavy atom. The highest BCUT2D eigenvalue weighted by molar-refractivity contribution is 9.08. The first-order valence-corrected chi connectivity index (χ1v) is 7.50. The summed E-state index contributed by atoms with van der Waals surface area (Å²) in [5.74, 6) is 1.78. The van der Waals surface area contributed by atoms with Crippen molar-refractivity contribution in [3.8, 4) is 17.2 Å². The van der Waals surface area contributed by atoms with Crippen molar-refractivity contribution in [1.82, 2.24) is 0 Å². The summed E-state index contributed by atoms with van der Waals surface area (Å²) in [6.07, 6.45) is 0. The second kappa shape index (κ2) is 7.08. The number of alkyl halides is 1. The van der Waals surface area contributed by atoms with E-state index in [0.717, 1.165) is 0 Å². The van der Waals surface area contributed by atoms with Crippen molar-refractivity contribution in [2.24, 2.45) is 0 Å². The molecular formula is C15H14BrNO4. The lowest BCUT2D eigenvalue weighted by molar-refractivity contribution is -0.384. The van der Waals surface area contributed by atoms with Gasteiger partial charge in [-0.1, -0.05) is 28.1 Å². The largest absolute Gasteiger partial charge is 0.490 e. The number of ether oxygens (including phenoxy) is 2. The topological polar surface area (TPSA) is 61.6 Å². The number of benzene rings is 2. The zero-order valence-corrected chi connectivity index (χ0v) is 13.0. The lowest BCUT2D eigenvalue weighted by atomic mass is 10.2. The van der Waals surface area contributed by atoms with Crippen LogP contribution in [0.15, 0.2) is 42.5 Å². The van der Waals surface area contributed by atoms with Crippen LogP contribution < -0.4 is 9.47 Å². The van der Waals surface area contributed by atoms with Gasteiger partial charge in [-0.05, 0) is 25.1 Å². The highest BCUT2D eigenvalue weighted by Gasteiger charge is 2.13. The van der Waals surface area contributed by atoms with Crippen LogP contribution in [-0.4, -0.2) is 11.5 Å². The first-order valence-electron chi connectivity index (χ1n) is 6.38. The van der Waals surface area contributed by atoms with Gasteiger partial charge < -0.3 is 9.47 Å². The van der Waals surface area contributed by atoms with Crippen LogP contribution in [0.5, 0.6) is 17.2 Å². The number of non-ortho nitro benzene ring substituents is 1. The average molecular weight is 352 g/mol. The predicted octanol–water partition coefficient (Wildman–Crippen LogP) is 4.68. The van der Waals surface area contributed by atoms with Gasteiger partial charge in [0.1, 0.15) is 5.75 Å². The Morgan fingerprint density at radius 3 is 2.48 bits per heavy atom. The third-order valence-corrected chi connectivity index (χ3v) is 3.37. The lowest BCUT2D eigenvalue weighted by Gasteiger charge is -2.13. The van der Waals surface area contributed by atoms with E-state index < -0.39 is 4.92 Å². The van der Waals surface area contributed by atoms with Crippen molar-refractivity contribution >= 4 is 21.6 Å². The van der Waals surface area contributed by atoms with Crippen molar-refractivity contribution in [1.29, 1.82) is 0 Å². The van der Waals surface area contributed by atoms with Crippen molar-refractivity contribution < 1.29 is 14.4 Å². The molecule has 0 atom stereocenters. The Kier molecular flexibility index (Phi) is 5.16. The number of nitro groups is 1. The Bertz CT molecular complexity index is 645. The van der Waals surface area contributed by atoms with E-state index in [1.54, 1.807) is 12.1 Å². The molecule has 0 saturated heterocycles. The first kappa shape index (κ1) is 15.3. The van der Waals surface area contributed by atoms with E-state index in [0.29, 0.717) is 34.7 Å². The molecule has 0 aliphatic heterocycles. The predicted molar refractivity (Wildman–Crippen MR) is 83.4 cm³/mol. The molecule has 110 valence electrons. The summed E-state index contributed by atoms with van der Waals surface area (Å²) >= 11 is 3.32. The highest BCUT2D eigenvalue weighted by atomic mass is 79.9. The van der Waals surface area contributed by atoms with E-state index in [-0.39, 0.29) is 5.69 Å². The summed E-state index contributed by atoms with van der Waals surface area (Å²) in [6.45, 7) is 2.43. The second-order valence-corrected chi connectivity index (χ2v) is 4.73. The Morgan fingerprint density at radius 2 is 1.86 bits per heavy atom. The molecule has 6 heteroatoms. The van der Waals surface area contributed by atoms with Gasteiger partial charge in [0.15, 0.2) is 11.5 Å². The van der Waals surface area contributed by atoms with Crippen LogP contribution >= 0.6 is 15.9 Å². The minimum atomic E-state index is -0.427. The van der Waals surface area contributed by atoms with Crippen LogP contribution in [-0.2, 0) is 5.33 Å². The smallest absolute Gasteiger partial charge is 0.270 e. The molecule has 0 bridgehead atoms. The summed E-state index contributed by atoms with van der Waals surface area (Å²) < 4.78 is 11.3. The fraction of sp³-hybridized carbons (Fsp3) is 0.200. The zero-order chi connectivity index (χ0) is 15.2. The molecule has 0 fully saturated rings. The zero-order valence-electron chi connectivity index (χ0n) is 11.4. The standard InChI is InChI=1S/C15H14BrNO4/c1-2-20-14-5-3-4-6-15(14)21-13-8-7-12(17(18)19)9-11(13)10-16/h3-9H,2,10H2,1H3. The molecule has 0 aliphatic rings. The molecule has 2 aromatic carbocycles. The number of rotatable bonds is 6. The fourth-order valence-electron chi connectivity index (χ4n) is 1.81. The Labute approximate surface area is 130 Å². The van der Waals surface area contributed by atoms with Gasteiger partial charge in [-0.2, -0.15) is 0 Å². The summed E-state index contributed by atoms with van der Waals surface area (Å²) in [5.41, 5.74) is 0.741. The van der Waals surface area contributed by atoms with Crippen LogP contribution in [0.25, 0.3) is 0 Å². The number of hydrogen-bond donors (Lipinski definition) is 0. The molecule has 0 radical (unpaired) electrons. The van der Waals surface area contributed by atoms with Gasteiger partial charge in [-0.3, -0.25) is 10.1 Å². The third kappa shape index (κ3) is 3.72. The molecular weight excluding hydrogens is 338 g/mol. The summed E-state index contributed by atoms with van der Waals surface area (Å²) in [7, 11) is 0. The number of para-hydroxylation sites is 2. The third-order valence-electron chi connectivity index (χ3n) is 2.77. The van der Waals surface area contributed by atoms with Crippen molar-refractivity contribution in [3.63, 3.8) is 0 Å². The number of nitro benzene ring substituents is 1. The van der Waals surface area contributed by atoms with E-state index in [1.807, 2.05) is 25.1 Å². The molecule has 0 unspecified atom stereocenters. The van der Waals surface area contributed by atoms with E-state index in [4.69, 9.17) is 9.47 Å². The average Bonchev–Trinajstić information content (AvgIpc) is 2.49. The van der Waals surface area contributed by atoms with E-state index in [1.165, 1.54) is 12.1 Å². The van der Waals surface area contributed by atoms with Crippen LogP contribution in [0.2, 0.25) is 0 Å². The minimum Gasteiger partial charge on any atom is -0.490 e. The van der Waals surface area contributed by atoms with Crippen molar-refractivity contribution in [3.05, 3.63) is 58.1 Å². The van der Waals surface area contributed by atoms with E-state index in [9.17, 15) is 10.1 Å². The molecule has 0 heterocycles. The normalized spacial score (nSPS) is 10.2. The van der Waals surface area contributed by atoms with Gasteiger partial charge >= 0.3 is 0 Å². The minimum absolute atomic E-state index is 0.0369. The lowest BCUT2D eigenvalue weighted by Crippen LogP contribution is -1.97. The maximum Gasteiger partial charge on any atom is 0.270 e. The van der Waals surface area contributed by atoms with Crippen LogP contribution in [0.1, 0.15) is 12.5 Å². The molecule has 0 aliphatic carbocycles. The van der Waals surface area contributed by atoms with Gasteiger partial charge in [-0.15, -0.1) is 0 Å². The molecule has 0 N–H and O–H groups in total. The molecule has 5 nitrogen and oxygen atoms in total. The van der Waals surface area contributed by atoms with E-state index in [2.05, 4.69) is 15.9 Å². The monoisotopic (exact) mass is 351 g/mol. The summed E-state index contributed by atoms with van der Waals surface area (Å²) in [5, 5.41) is 11.3. The number of halogens is 1. The number of hydrogen-bond acceptors (Lipinski definition) is 4. The van der Waals surface area contributed by atoms with Gasteiger partial charge in [-0.25, -0.2) is 0 Å². The molecule has 21 heavy (non-hydrogen) atoms. The van der Waals surface area contributed by atoms with Crippen molar-refractivity contribution in [2.75, 3.05) is 6.61 Å².